The van der Waals surface area contributed by atoms with Gasteiger partial charge in [-0.2, -0.15) is 0 Å². The normalized spacial score (nSPS) is 17.7. The van der Waals surface area contributed by atoms with Crippen LogP contribution in [0.3, 0.4) is 0 Å². The molecule has 1 aromatic rings. The van der Waals surface area contributed by atoms with Gasteiger partial charge in [-0.3, -0.25) is 0 Å². The number of benzene rings is 1. The van der Waals surface area contributed by atoms with E-state index in [1.165, 1.54) is 11.1 Å². The standard InChI is InChI=1S/C19H31N3O3/c1-3-20-19(21-10-4-11-25-18-9-12-24-15-18)22-13-16-5-7-17(8-6-16)14-23-2/h5-8,18H,3-4,9-15H2,1-2H3,(H2,20,21,22). The van der Waals surface area contributed by atoms with Crippen LogP contribution >= 0.6 is 0 Å². The van der Waals surface area contributed by atoms with E-state index in [9.17, 15) is 0 Å². The number of hydrogen-bond donors (Lipinski definition) is 2. The fourth-order valence-electron chi connectivity index (χ4n) is 2.59. The lowest BCUT2D eigenvalue weighted by atomic mass is 10.1. The predicted molar refractivity (Wildman–Crippen MR) is 99.8 cm³/mol. The highest BCUT2D eigenvalue weighted by atomic mass is 16.5. The fourth-order valence-corrected chi connectivity index (χ4v) is 2.59. The van der Waals surface area contributed by atoms with Crippen molar-refractivity contribution in [3.63, 3.8) is 0 Å². The second kappa shape index (κ2) is 11.8. The number of aliphatic imine (C=N–C) groups is 1. The zero-order chi connectivity index (χ0) is 17.7. The molecule has 0 aromatic heterocycles. The summed E-state index contributed by atoms with van der Waals surface area (Å²) in [6.45, 7) is 7.36. The van der Waals surface area contributed by atoms with Gasteiger partial charge < -0.3 is 24.8 Å². The molecule has 1 fully saturated rings. The first-order valence-corrected chi connectivity index (χ1v) is 9.10. The summed E-state index contributed by atoms with van der Waals surface area (Å²) in [5.41, 5.74) is 2.36. The van der Waals surface area contributed by atoms with Crippen molar-refractivity contribution >= 4 is 5.96 Å². The molecular weight excluding hydrogens is 318 g/mol. The van der Waals surface area contributed by atoms with Gasteiger partial charge in [0, 0.05) is 33.4 Å². The third kappa shape index (κ3) is 7.86. The highest BCUT2D eigenvalue weighted by Crippen LogP contribution is 2.08. The number of ether oxygens (including phenoxy) is 3. The lowest BCUT2D eigenvalue weighted by Crippen LogP contribution is -2.38. The average Bonchev–Trinajstić information content (AvgIpc) is 3.14. The van der Waals surface area contributed by atoms with E-state index in [2.05, 4.69) is 46.8 Å². The van der Waals surface area contributed by atoms with Gasteiger partial charge in [-0.15, -0.1) is 0 Å². The summed E-state index contributed by atoms with van der Waals surface area (Å²) in [4.78, 5) is 4.64. The van der Waals surface area contributed by atoms with E-state index in [-0.39, 0.29) is 6.10 Å². The van der Waals surface area contributed by atoms with Crippen LogP contribution in [0.15, 0.2) is 29.3 Å². The molecule has 0 spiro atoms. The molecule has 1 aliphatic heterocycles. The number of methoxy groups -OCH3 is 1. The average molecular weight is 349 g/mol. The van der Waals surface area contributed by atoms with Crippen LogP contribution in [0.1, 0.15) is 30.9 Å². The van der Waals surface area contributed by atoms with Gasteiger partial charge in [0.25, 0.3) is 0 Å². The van der Waals surface area contributed by atoms with E-state index in [0.717, 1.165) is 51.7 Å². The van der Waals surface area contributed by atoms with Crippen molar-refractivity contribution in [3.8, 4) is 0 Å². The summed E-state index contributed by atoms with van der Waals surface area (Å²) < 4.78 is 16.2. The minimum absolute atomic E-state index is 0.281. The van der Waals surface area contributed by atoms with Crippen molar-refractivity contribution in [3.05, 3.63) is 35.4 Å². The molecule has 1 unspecified atom stereocenters. The molecule has 0 saturated carbocycles. The van der Waals surface area contributed by atoms with Gasteiger partial charge in [0.15, 0.2) is 5.96 Å². The monoisotopic (exact) mass is 349 g/mol. The Hall–Kier alpha value is -1.63. The Morgan fingerprint density at radius 1 is 1.24 bits per heavy atom. The quantitative estimate of drug-likeness (QED) is 0.385. The van der Waals surface area contributed by atoms with E-state index in [1.54, 1.807) is 7.11 Å². The lowest BCUT2D eigenvalue weighted by molar-refractivity contribution is 0.0420. The first-order valence-electron chi connectivity index (χ1n) is 9.10. The number of nitrogens with one attached hydrogen (secondary N) is 2. The zero-order valence-electron chi connectivity index (χ0n) is 15.4. The third-order valence-electron chi connectivity index (χ3n) is 3.95. The van der Waals surface area contributed by atoms with Crippen molar-refractivity contribution in [2.45, 2.75) is 39.0 Å². The summed E-state index contributed by atoms with van der Waals surface area (Å²) >= 11 is 0. The number of nitrogens with zero attached hydrogens (tertiary/aromatic N) is 1. The Labute approximate surface area is 151 Å². The third-order valence-corrected chi connectivity index (χ3v) is 3.95. The molecule has 2 rings (SSSR count). The molecule has 6 nitrogen and oxygen atoms in total. The van der Waals surface area contributed by atoms with Crippen molar-refractivity contribution in [2.75, 3.05) is 40.0 Å². The van der Waals surface area contributed by atoms with Gasteiger partial charge in [-0.1, -0.05) is 24.3 Å². The van der Waals surface area contributed by atoms with Crippen LogP contribution in [0.25, 0.3) is 0 Å². The second-order valence-electron chi connectivity index (χ2n) is 6.08. The molecule has 0 amide bonds. The molecule has 140 valence electrons. The number of hydrogen-bond acceptors (Lipinski definition) is 4. The molecule has 6 heteroatoms. The highest BCUT2D eigenvalue weighted by Gasteiger charge is 2.15. The van der Waals surface area contributed by atoms with Crippen LogP contribution in [0.4, 0.5) is 0 Å². The van der Waals surface area contributed by atoms with E-state index >= 15 is 0 Å². The predicted octanol–water partition coefficient (Wildman–Crippen LogP) is 2.08. The van der Waals surface area contributed by atoms with Crippen LogP contribution in [0.5, 0.6) is 0 Å². The fraction of sp³-hybridized carbons (Fsp3) is 0.632. The van der Waals surface area contributed by atoms with Crippen molar-refractivity contribution in [1.82, 2.24) is 10.6 Å². The summed E-state index contributed by atoms with van der Waals surface area (Å²) in [5, 5.41) is 6.63. The molecule has 1 heterocycles. The highest BCUT2D eigenvalue weighted by molar-refractivity contribution is 5.79. The van der Waals surface area contributed by atoms with E-state index < -0.39 is 0 Å². The van der Waals surface area contributed by atoms with Crippen molar-refractivity contribution in [2.24, 2.45) is 4.99 Å². The molecule has 1 atom stereocenters. The Balaban J connectivity index is 1.69. The molecule has 1 saturated heterocycles. The number of rotatable bonds is 10. The first-order chi connectivity index (χ1) is 12.3. The van der Waals surface area contributed by atoms with E-state index in [0.29, 0.717) is 13.2 Å². The second-order valence-corrected chi connectivity index (χ2v) is 6.08. The van der Waals surface area contributed by atoms with Crippen molar-refractivity contribution in [1.29, 1.82) is 0 Å². The molecule has 0 bridgehead atoms. The molecular formula is C19H31N3O3. The van der Waals surface area contributed by atoms with E-state index in [4.69, 9.17) is 14.2 Å². The maximum atomic E-state index is 5.77. The Morgan fingerprint density at radius 3 is 2.72 bits per heavy atom. The summed E-state index contributed by atoms with van der Waals surface area (Å²) in [6, 6.07) is 8.36. The summed E-state index contributed by atoms with van der Waals surface area (Å²) in [7, 11) is 1.71. The lowest BCUT2D eigenvalue weighted by Gasteiger charge is -2.13. The van der Waals surface area contributed by atoms with Gasteiger partial charge >= 0.3 is 0 Å². The van der Waals surface area contributed by atoms with Crippen LogP contribution in [-0.4, -0.2) is 52.1 Å². The maximum Gasteiger partial charge on any atom is 0.191 e. The van der Waals surface area contributed by atoms with Crippen LogP contribution in [-0.2, 0) is 27.4 Å². The molecule has 2 N–H and O–H groups in total. The van der Waals surface area contributed by atoms with Gasteiger partial charge in [-0.05, 0) is 30.9 Å². The largest absolute Gasteiger partial charge is 0.380 e. The summed E-state index contributed by atoms with van der Waals surface area (Å²) in [5.74, 6) is 0.840. The topological polar surface area (TPSA) is 64.1 Å². The molecule has 0 aliphatic carbocycles. The molecule has 25 heavy (non-hydrogen) atoms. The Bertz CT molecular complexity index is 499. The van der Waals surface area contributed by atoms with Gasteiger partial charge in [0.2, 0.25) is 0 Å². The molecule has 1 aromatic carbocycles. The Morgan fingerprint density at radius 2 is 2.04 bits per heavy atom. The van der Waals surface area contributed by atoms with Crippen LogP contribution in [0.2, 0.25) is 0 Å². The van der Waals surface area contributed by atoms with Gasteiger partial charge in [0.05, 0.1) is 25.9 Å². The SMILES string of the molecule is CCNC(=NCc1ccc(COC)cc1)NCCCOC1CCOC1. The first kappa shape index (κ1) is 19.7. The number of guanidine groups is 1. The summed E-state index contributed by atoms with van der Waals surface area (Å²) in [6.07, 6.45) is 2.25. The smallest absolute Gasteiger partial charge is 0.191 e. The molecule has 1 aliphatic rings. The van der Waals surface area contributed by atoms with E-state index in [1.807, 2.05) is 0 Å². The minimum Gasteiger partial charge on any atom is -0.380 e. The van der Waals surface area contributed by atoms with Gasteiger partial charge in [-0.25, -0.2) is 4.99 Å². The van der Waals surface area contributed by atoms with Crippen LogP contribution in [0, 0.1) is 0 Å². The maximum absolute atomic E-state index is 5.77. The minimum atomic E-state index is 0.281. The zero-order valence-corrected chi connectivity index (χ0v) is 15.4. The van der Waals surface area contributed by atoms with Crippen LogP contribution < -0.4 is 10.6 Å². The molecule has 0 radical (unpaired) electrons. The Kier molecular flexibility index (Phi) is 9.33. The van der Waals surface area contributed by atoms with Crippen molar-refractivity contribution < 1.29 is 14.2 Å². The van der Waals surface area contributed by atoms with Gasteiger partial charge in [0.1, 0.15) is 0 Å².